The number of hydrogen-bond acceptors (Lipinski definition) is 2. The molecule has 1 unspecified atom stereocenters. The van der Waals surface area contributed by atoms with Crippen molar-refractivity contribution in [3.8, 4) is 11.8 Å². The highest BCUT2D eigenvalue weighted by atomic mass is 15.2. The summed E-state index contributed by atoms with van der Waals surface area (Å²) < 4.78 is 0. The highest BCUT2D eigenvalue weighted by molar-refractivity contribution is 4.98. The lowest BCUT2D eigenvalue weighted by Crippen LogP contribution is -2.62. The van der Waals surface area contributed by atoms with Crippen molar-refractivity contribution in [2.24, 2.45) is 5.92 Å². The van der Waals surface area contributed by atoms with Crippen molar-refractivity contribution in [2.75, 3.05) is 19.6 Å². The molecule has 2 heteroatoms. The predicted octanol–water partition coefficient (Wildman–Crippen LogP) is 2.11. The first-order valence-electron chi connectivity index (χ1n) is 6.35. The second kappa shape index (κ2) is 5.70. The molecule has 0 aromatic rings. The summed E-state index contributed by atoms with van der Waals surface area (Å²) in [6.45, 7) is 14.4. The molecule has 0 radical (unpaired) electrons. The molecule has 16 heavy (non-hydrogen) atoms. The second-order valence-corrected chi connectivity index (χ2v) is 5.72. The van der Waals surface area contributed by atoms with E-state index in [1.807, 2.05) is 6.92 Å². The predicted molar refractivity (Wildman–Crippen MR) is 70.3 cm³/mol. The summed E-state index contributed by atoms with van der Waals surface area (Å²) in [5, 5.41) is 3.63. The molecule has 0 amide bonds. The Morgan fingerprint density at radius 1 is 1.44 bits per heavy atom. The zero-order valence-electron chi connectivity index (χ0n) is 11.4. The lowest BCUT2D eigenvalue weighted by atomic mass is 9.93. The summed E-state index contributed by atoms with van der Waals surface area (Å²) in [5.74, 6) is 6.86. The lowest BCUT2D eigenvalue weighted by molar-refractivity contribution is 0.0716. The Hall–Kier alpha value is -0.520. The van der Waals surface area contributed by atoms with Gasteiger partial charge in [-0.3, -0.25) is 4.90 Å². The molecule has 92 valence electrons. The van der Waals surface area contributed by atoms with Crippen molar-refractivity contribution in [1.82, 2.24) is 10.2 Å². The average Bonchev–Trinajstić information content (AvgIpc) is 2.16. The zero-order chi connectivity index (χ0) is 12.2. The molecule has 1 rings (SSSR count). The van der Waals surface area contributed by atoms with Crippen molar-refractivity contribution < 1.29 is 0 Å². The number of hydrogen-bond donors (Lipinski definition) is 1. The number of nitrogens with zero attached hydrogens (tertiary/aromatic N) is 1. The van der Waals surface area contributed by atoms with Gasteiger partial charge in [-0.1, -0.05) is 13.8 Å². The number of nitrogens with one attached hydrogen (secondary N) is 1. The third kappa shape index (κ3) is 3.81. The minimum absolute atomic E-state index is 0.241. The van der Waals surface area contributed by atoms with E-state index in [2.05, 4.69) is 49.8 Å². The van der Waals surface area contributed by atoms with Crippen LogP contribution in [0, 0.1) is 17.8 Å². The number of rotatable bonds is 3. The molecule has 0 spiro atoms. The van der Waals surface area contributed by atoms with Crippen LogP contribution in [0.4, 0.5) is 0 Å². The molecule has 1 aliphatic heterocycles. The maximum absolute atomic E-state index is 3.63. The molecule has 1 N–H and O–H groups in total. The van der Waals surface area contributed by atoms with Gasteiger partial charge in [-0.25, -0.2) is 0 Å². The van der Waals surface area contributed by atoms with Crippen LogP contribution >= 0.6 is 0 Å². The Kier molecular flexibility index (Phi) is 4.83. The van der Waals surface area contributed by atoms with E-state index in [1.54, 1.807) is 0 Å². The molecular formula is C14H26N2. The van der Waals surface area contributed by atoms with E-state index in [9.17, 15) is 0 Å². The average molecular weight is 222 g/mol. The van der Waals surface area contributed by atoms with E-state index in [4.69, 9.17) is 0 Å². The molecule has 1 aliphatic rings. The monoisotopic (exact) mass is 222 g/mol. The molecule has 1 atom stereocenters. The molecular weight excluding hydrogens is 196 g/mol. The van der Waals surface area contributed by atoms with Crippen LogP contribution in [-0.2, 0) is 0 Å². The van der Waals surface area contributed by atoms with Crippen LogP contribution < -0.4 is 5.32 Å². The topological polar surface area (TPSA) is 15.3 Å². The van der Waals surface area contributed by atoms with Crippen LogP contribution in [-0.4, -0.2) is 36.1 Å². The highest BCUT2D eigenvalue weighted by Crippen LogP contribution is 2.20. The van der Waals surface area contributed by atoms with Gasteiger partial charge in [0, 0.05) is 37.6 Å². The van der Waals surface area contributed by atoms with Gasteiger partial charge in [0.25, 0.3) is 0 Å². The summed E-state index contributed by atoms with van der Waals surface area (Å²) in [6, 6.07) is 0.659. The van der Waals surface area contributed by atoms with Crippen molar-refractivity contribution in [1.29, 1.82) is 0 Å². The van der Waals surface area contributed by atoms with Crippen LogP contribution in [0.1, 0.15) is 41.0 Å². The van der Waals surface area contributed by atoms with Gasteiger partial charge in [0.05, 0.1) is 0 Å². The summed E-state index contributed by atoms with van der Waals surface area (Å²) in [4.78, 5) is 2.60. The van der Waals surface area contributed by atoms with E-state index < -0.39 is 0 Å². The molecule has 1 heterocycles. The lowest BCUT2D eigenvalue weighted by Gasteiger charge is -2.46. The van der Waals surface area contributed by atoms with Gasteiger partial charge in [0.2, 0.25) is 0 Å². The molecule has 1 fully saturated rings. The second-order valence-electron chi connectivity index (χ2n) is 5.72. The maximum atomic E-state index is 3.63. The summed E-state index contributed by atoms with van der Waals surface area (Å²) in [5.41, 5.74) is 0.241. The first-order chi connectivity index (χ1) is 7.46. The van der Waals surface area contributed by atoms with Crippen molar-refractivity contribution in [2.45, 2.75) is 52.6 Å². The molecule has 1 saturated heterocycles. The Bertz CT molecular complexity index is 270. The van der Waals surface area contributed by atoms with Crippen LogP contribution in [0.15, 0.2) is 0 Å². The Balaban J connectivity index is 2.59. The first-order valence-corrected chi connectivity index (χ1v) is 6.35. The quantitative estimate of drug-likeness (QED) is 0.736. The summed E-state index contributed by atoms with van der Waals surface area (Å²) >= 11 is 0. The molecule has 0 saturated carbocycles. The van der Waals surface area contributed by atoms with Gasteiger partial charge in [-0.2, -0.15) is 0 Å². The minimum Gasteiger partial charge on any atom is -0.309 e. The largest absolute Gasteiger partial charge is 0.309 e. The van der Waals surface area contributed by atoms with Crippen LogP contribution in [0.3, 0.4) is 0 Å². The fourth-order valence-corrected chi connectivity index (χ4v) is 2.42. The van der Waals surface area contributed by atoms with Gasteiger partial charge in [-0.15, -0.1) is 11.8 Å². The van der Waals surface area contributed by atoms with Gasteiger partial charge >= 0.3 is 0 Å². The molecule has 0 aromatic carbocycles. The highest BCUT2D eigenvalue weighted by Gasteiger charge is 2.33. The SMILES string of the molecule is CC#CCCN1CC(C)(C)NCC1C(C)C. The van der Waals surface area contributed by atoms with E-state index in [-0.39, 0.29) is 5.54 Å². The maximum Gasteiger partial charge on any atom is 0.0252 e. The van der Waals surface area contributed by atoms with Gasteiger partial charge < -0.3 is 5.32 Å². The Morgan fingerprint density at radius 2 is 2.12 bits per heavy atom. The molecule has 2 nitrogen and oxygen atoms in total. The molecule has 0 aliphatic carbocycles. The van der Waals surface area contributed by atoms with Crippen molar-refractivity contribution >= 4 is 0 Å². The fourth-order valence-electron chi connectivity index (χ4n) is 2.42. The Labute approximate surface area is 101 Å². The van der Waals surface area contributed by atoms with Crippen LogP contribution in [0.25, 0.3) is 0 Å². The van der Waals surface area contributed by atoms with E-state index in [1.165, 1.54) is 0 Å². The third-order valence-electron chi connectivity index (χ3n) is 3.33. The van der Waals surface area contributed by atoms with Crippen molar-refractivity contribution in [3.05, 3.63) is 0 Å². The van der Waals surface area contributed by atoms with Gasteiger partial charge in [0.15, 0.2) is 0 Å². The van der Waals surface area contributed by atoms with Crippen LogP contribution in [0.2, 0.25) is 0 Å². The van der Waals surface area contributed by atoms with Gasteiger partial charge in [0.1, 0.15) is 0 Å². The number of piperazine rings is 1. The summed E-state index contributed by atoms with van der Waals surface area (Å²) in [6.07, 6.45) is 0.996. The van der Waals surface area contributed by atoms with E-state index in [0.29, 0.717) is 12.0 Å². The van der Waals surface area contributed by atoms with Crippen molar-refractivity contribution in [3.63, 3.8) is 0 Å². The molecule has 0 bridgehead atoms. The normalized spacial score (nSPS) is 25.2. The zero-order valence-corrected chi connectivity index (χ0v) is 11.4. The third-order valence-corrected chi connectivity index (χ3v) is 3.33. The minimum atomic E-state index is 0.241. The smallest absolute Gasteiger partial charge is 0.0252 e. The summed E-state index contributed by atoms with van der Waals surface area (Å²) in [7, 11) is 0. The molecule has 0 aromatic heterocycles. The van der Waals surface area contributed by atoms with E-state index in [0.717, 1.165) is 26.1 Å². The van der Waals surface area contributed by atoms with Gasteiger partial charge in [-0.05, 0) is 26.7 Å². The van der Waals surface area contributed by atoms with Crippen LogP contribution in [0.5, 0.6) is 0 Å². The van der Waals surface area contributed by atoms with E-state index >= 15 is 0 Å². The fraction of sp³-hybridized carbons (Fsp3) is 0.857. The Morgan fingerprint density at radius 3 is 2.69 bits per heavy atom. The first kappa shape index (κ1) is 13.5. The standard InChI is InChI=1S/C14H26N2/c1-6-7-8-9-16-11-14(4,5)15-10-13(16)12(2)3/h12-13,15H,8-11H2,1-5H3.